The Morgan fingerprint density at radius 1 is 1.31 bits per heavy atom. The highest BCUT2D eigenvalue weighted by atomic mass is 32.1. The van der Waals surface area contributed by atoms with E-state index in [1.54, 1.807) is 11.3 Å². The number of alkyl carbamates (subject to hydrolysis) is 1. The third-order valence-electron chi connectivity index (χ3n) is 4.34. The van der Waals surface area contributed by atoms with Crippen LogP contribution in [0.25, 0.3) is 6.08 Å². The molecule has 144 valence electrons. The zero-order valence-electron chi connectivity index (χ0n) is 16.9. The van der Waals surface area contributed by atoms with Gasteiger partial charge in [-0.15, -0.1) is 11.3 Å². The molecule has 1 saturated heterocycles. The summed E-state index contributed by atoms with van der Waals surface area (Å²) in [6.45, 7) is 15.7. The van der Waals surface area contributed by atoms with Crippen molar-refractivity contribution in [3.05, 3.63) is 21.6 Å². The lowest BCUT2D eigenvalue weighted by molar-refractivity contribution is 0.00578. The molecule has 1 aromatic rings. The molecule has 0 saturated carbocycles. The fraction of sp³-hybridized carbons (Fsp3) is 0.667. The number of nitrogens with one attached hydrogen (secondary N) is 1. The summed E-state index contributed by atoms with van der Waals surface area (Å²) in [5.41, 5.74) is -0.669. The zero-order chi connectivity index (χ0) is 19.8. The first-order chi connectivity index (χ1) is 11.8. The first-order valence-corrected chi connectivity index (χ1v) is 9.56. The van der Waals surface area contributed by atoms with E-state index in [9.17, 15) is 4.79 Å². The molecule has 26 heavy (non-hydrogen) atoms. The molecule has 0 spiro atoms. The average Bonchev–Trinajstić information content (AvgIpc) is 2.93. The lowest BCUT2D eigenvalue weighted by Gasteiger charge is -2.32. The number of nitrogens with zero attached hydrogens (tertiary/aromatic N) is 1. The Hall–Kier alpha value is -1.38. The Kier molecular flexibility index (Phi) is 5.90. The van der Waals surface area contributed by atoms with E-state index in [1.807, 2.05) is 67.7 Å². The Morgan fingerprint density at radius 3 is 2.35 bits per heavy atom. The molecule has 0 bridgehead atoms. The Balaban J connectivity index is 2.18. The van der Waals surface area contributed by atoms with E-state index in [1.165, 1.54) is 0 Å². The molecule has 1 amide bonds. The smallest absolute Gasteiger partial charge is 0.444 e. The highest BCUT2D eigenvalue weighted by molar-refractivity contribution is 7.12. The van der Waals surface area contributed by atoms with E-state index in [0.717, 1.165) is 15.4 Å². The second-order valence-corrected chi connectivity index (χ2v) is 9.74. The number of amides is 1. The molecule has 0 radical (unpaired) electrons. The van der Waals surface area contributed by atoms with Crippen LogP contribution >= 0.6 is 11.3 Å². The quantitative estimate of drug-likeness (QED) is 0.800. The minimum absolute atomic E-state index is 0.254. The lowest BCUT2D eigenvalue weighted by atomic mass is 9.77. The number of hydrogen-bond donors (Lipinski definition) is 1. The molecular weight excluding hydrogens is 351 g/mol. The second kappa shape index (κ2) is 7.33. The topological polar surface area (TPSA) is 69.7 Å². The Bertz CT molecular complexity index is 676. The summed E-state index contributed by atoms with van der Waals surface area (Å²) in [6, 6.07) is 0. The van der Waals surface area contributed by atoms with Crippen molar-refractivity contribution in [2.24, 2.45) is 0 Å². The lowest BCUT2D eigenvalue weighted by Crippen LogP contribution is -2.41. The number of carbonyl (C=O) groups is 1. The summed E-state index contributed by atoms with van der Waals surface area (Å²) in [5, 5.41) is 3.63. The van der Waals surface area contributed by atoms with E-state index in [-0.39, 0.29) is 6.54 Å². The van der Waals surface area contributed by atoms with Crippen LogP contribution in [-0.2, 0) is 14.0 Å². The number of hydrogen-bond acceptors (Lipinski definition) is 6. The van der Waals surface area contributed by atoms with Crippen LogP contribution in [0.5, 0.6) is 0 Å². The van der Waals surface area contributed by atoms with Crippen LogP contribution in [0, 0.1) is 6.92 Å². The van der Waals surface area contributed by atoms with Gasteiger partial charge in [0.2, 0.25) is 0 Å². The van der Waals surface area contributed by atoms with E-state index in [4.69, 9.17) is 14.0 Å². The fourth-order valence-corrected chi connectivity index (χ4v) is 3.03. The van der Waals surface area contributed by atoms with Crippen molar-refractivity contribution in [3.63, 3.8) is 0 Å². The van der Waals surface area contributed by atoms with Crippen LogP contribution in [0.1, 0.15) is 58.4 Å². The predicted octanol–water partition coefficient (Wildman–Crippen LogP) is 3.99. The van der Waals surface area contributed by atoms with Crippen molar-refractivity contribution in [3.8, 4) is 0 Å². The molecule has 8 heteroatoms. The summed E-state index contributed by atoms with van der Waals surface area (Å²) < 4.78 is 17.6. The molecule has 0 aromatic carbocycles. The maximum atomic E-state index is 12.0. The highest BCUT2D eigenvalue weighted by Gasteiger charge is 2.52. The van der Waals surface area contributed by atoms with Crippen molar-refractivity contribution in [1.29, 1.82) is 0 Å². The first-order valence-electron chi connectivity index (χ1n) is 8.74. The third kappa shape index (κ3) is 5.31. The van der Waals surface area contributed by atoms with Crippen LogP contribution in [0.4, 0.5) is 4.79 Å². The van der Waals surface area contributed by atoms with Gasteiger partial charge in [0.05, 0.1) is 11.2 Å². The third-order valence-corrected chi connectivity index (χ3v) is 5.20. The van der Waals surface area contributed by atoms with Gasteiger partial charge >= 0.3 is 13.2 Å². The van der Waals surface area contributed by atoms with Gasteiger partial charge in [-0.05, 0) is 66.9 Å². The SMILES string of the molecule is Cc1cnc(C=C(CNC(=O)OC(C)(C)C)B2OC(C)(C)C(C)(C)O2)s1. The summed E-state index contributed by atoms with van der Waals surface area (Å²) in [5.74, 6) is 0. The van der Waals surface area contributed by atoms with Crippen LogP contribution in [0.3, 0.4) is 0 Å². The molecule has 0 unspecified atom stereocenters. The minimum atomic E-state index is -0.556. The van der Waals surface area contributed by atoms with Crippen molar-refractivity contribution in [1.82, 2.24) is 10.3 Å². The normalized spacial score (nSPS) is 19.5. The molecule has 1 N–H and O–H groups in total. The van der Waals surface area contributed by atoms with Gasteiger partial charge in [0.1, 0.15) is 10.6 Å². The standard InChI is InChI=1S/C18H29BN2O4S/c1-12-10-20-14(26-12)9-13(11-21-15(22)23-16(2,3)4)19-24-17(5,6)18(7,8)25-19/h9-10H,11H2,1-8H3,(H,21,22). The summed E-state index contributed by atoms with van der Waals surface area (Å²) in [6.07, 6.45) is 3.26. The van der Waals surface area contributed by atoms with Gasteiger partial charge in [-0.3, -0.25) is 0 Å². The van der Waals surface area contributed by atoms with E-state index < -0.39 is 30.0 Å². The largest absolute Gasteiger partial charge is 0.492 e. The zero-order valence-corrected chi connectivity index (χ0v) is 17.7. The van der Waals surface area contributed by atoms with Crippen LogP contribution in [0.15, 0.2) is 11.7 Å². The molecule has 2 heterocycles. The Labute approximate surface area is 160 Å². The van der Waals surface area contributed by atoms with Gasteiger partial charge in [0, 0.05) is 17.6 Å². The molecule has 1 aliphatic rings. The first kappa shape index (κ1) is 20.9. The van der Waals surface area contributed by atoms with Gasteiger partial charge < -0.3 is 19.4 Å². The number of ether oxygens (including phenoxy) is 1. The van der Waals surface area contributed by atoms with Gasteiger partial charge in [-0.25, -0.2) is 9.78 Å². The molecule has 0 atom stereocenters. The number of rotatable bonds is 4. The summed E-state index contributed by atoms with van der Waals surface area (Å²) >= 11 is 1.58. The van der Waals surface area contributed by atoms with Crippen molar-refractivity contribution < 1.29 is 18.8 Å². The Morgan fingerprint density at radius 2 is 1.88 bits per heavy atom. The molecule has 1 aromatic heterocycles. The minimum Gasteiger partial charge on any atom is -0.444 e. The number of carbonyl (C=O) groups excluding carboxylic acids is 1. The number of aromatic nitrogens is 1. The average molecular weight is 380 g/mol. The molecule has 1 aliphatic heterocycles. The van der Waals surface area contributed by atoms with E-state index in [2.05, 4.69) is 10.3 Å². The summed E-state index contributed by atoms with van der Waals surface area (Å²) in [4.78, 5) is 17.5. The molecular formula is C18H29BN2O4S. The molecule has 2 rings (SSSR count). The molecule has 1 fully saturated rings. The number of aryl methyl sites for hydroxylation is 1. The van der Waals surface area contributed by atoms with Crippen LogP contribution < -0.4 is 5.32 Å². The molecule has 6 nitrogen and oxygen atoms in total. The van der Waals surface area contributed by atoms with Crippen molar-refractivity contribution in [2.75, 3.05) is 6.54 Å². The fourth-order valence-electron chi connectivity index (χ4n) is 2.28. The maximum Gasteiger partial charge on any atom is 0.492 e. The van der Waals surface area contributed by atoms with E-state index >= 15 is 0 Å². The van der Waals surface area contributed by atoms with Crippen molar-refractivity contribution in [2.45, 2.75) is 72.2 Å². The molecule has 0 aliphatic carbocycles. The van der Waals surface area contributed by atoms with Gasteiger partial charge in [-0.1, -0.05) is 0 Å². The maximum absolute atomic E-state index is 12.0. The second-order valence-electron chi connectivity index (χ2n) is 8.47. The van der Waals surface area contributed by atoms with Gasteiger partial charge in [0.25, 0.3) is 0 Å². The van der Waals surface area contributed by atoms with Gasteiger partial charge in [0.15, 0.2) is 0 Å². The number of thiazole rings is 1. The van der Waals surface area contributed by atoms with Crippen LogP contribution in [0.2, 0.25) is 0 Å². The summed E-state index contributed by atoms with van der Waals surface area (Å²) in [7, 11) is -0.556. The predicted molar refractivity (Wildman–Crippen MR) is 105 cm³/mol. The van der Waals surface area contributed by atoms with E-state index in [0.29, 0.717) is 0 Å². The monoisotopic (exact) mass is 380 g/mol. The van der Waals surface area contributed by atoms with Crippen molar-refractivity contribution >= 4 is 30.6 Å². The highest BCUT2D eigenvalue weighted by Crippen LogP contribution is 2.38. The van der Waals surface area contributed by atoms with Crippen LogP contribution in [-0.4, -0.2) is 41.5 Å². The van der Waals surface area contributed by atoms with Gasteiger partial charge in [-0.2, -0.15) is 0 Å².